The molecule has 0 amide bonds. The molecule has 70 valence electrons. The van der Waals surface area contributed by atoms with E-state index < -0.39 is 0 Å². The highest BCUT2D eigenvalue weighted by atomic mass is 35.5. The lowest BCUT2D eigenvalue weighted by molar-refractivity contribution is 1.55. The van der Waals surface area contributed by atoms with Crippen molar-refractivity contribution in [2.75, 3.05) is 5.32 Å². The number of hydrogen-bond acceptors (Lipinski definition) is 2. The van der Waals surface area contributed by atoms with Crippen molar-refractivity contribution in [3.63, 3.8) is 0 Å². The number of hydrogen-bond donors (Lipinski definition) is 1. The Morgan fingerprint density at radius 2 is 1.85 bits per heavy atom. The molecule has 0 aromatic heterocycles. The minimum Gasteiger partial charge on any atom is -0.360 e. The zero-order chi connectivity index (χ0) is 7.52. The normalized spacial score (nSPS) is 11.4. The average Bonchev–Trinajstić information content (AvgIpc) is 2.28. The van der Waals surface area contributed by atoms with Crippen molar-refractivity contribution >= 4 is 36.7 Å². The van der Waals surface area contributed by atoms with Gasteiger partial charge in [0.05, 0.1) is 0 Å². The quantitative estimate of drug-likeness (QED) is 0.709. The topological polar surface area (TPSA) is 24.4 Å². The summed E-state index contributed by atoms with van der Waals surface area (Å²) >= 11 is 0. The van der Waals surface area contributed by atoms with Crippen LogP contribution < -0.4 is 5.32 Å². The summed E-state index contributed by atoms with van der Waals surface area (Å²) in [6.45, 7) is 0. The van der Waals surface area contributed by atoms with Gasteiger partial charge in [0.2, 0.25) is 0 Å². The van der Waals surface area contributed by atoms with Crippen molar-refractivity contribution < 1.29 is 0 Å². The average molecular weight is 217 g/mol. The molecule has 1 heterocycles. The zero-order valence-corrected chi connectivity index (χ0v) is 8.44. The highest BCUT2D eigenvalue weighted by Crippen LogP contribution is 2.13. The van der Waals surface area contributed by atoms with Crippen LogP contribution in [0.4, 0.5) is 5.69 Å². The van der Waals surface area contributed by atoms with E-state index in [0.717, 1.165) is 11.3 Å². The summed E-state index contributed by atoms with van der Waals surface area (Å²) < 4.78 is 0. The number of aliphatic imine (C=N–C) groups is 1. The monoisotopic (exact) mass is 216 g/mol. The van der Waals surface area contributed by atoms with Crippen molar-refractivity contribution in [3.8, 4) is 0 Å². The SMILES string of the molecule is C1=CNc2ccccc2C=N1.Cl.Cl. The fourth-order valence-electron chi connectivity index (χ4n) is 1.03. The predicted octanol–water partition coefficient (Wildman–Crippen LogP) is 2.85. The van der Waals surface area contributed by atoms with Gasteiger partial charge in [-0.25, -0.2) is 0 Å². The number of halogens is 2. The number of benzene rings is 1. The Hall–Kier alpha value is -0.990. The number of para-hydroxylation sites is 1. The van der Waals surface area contributed by atoms with Crippen LogP contribution in [0.25, 0.3) is 0 Å². The van der Waals surface area contributed by atoms with Gasteiger partial charge in [-0.1, -0.05) is 18.2 Å². The molecule has 0 saturated carbocycles. The fraction of sp³-hybridized carbons (Fsp3) is 0. The molecule has 0 aliphatic carbocycles. The maximum Gasteiger partial charge on any atom is 0.0469 e. The standard InChI is InChI=1S/C9H8N2.2ClH/c1-2-4-9-8(3-1)7-10-5-6-11-9;;/h1-7,11H;2*1H. The number of anilines is 1. The molecular weight excluding hydrogens is 207 g/mol. The van der Waals surface area contributed by atoms with Crippen LogP contribution in [0.3, 0.4) is 0 Å². The number of nitrogens with one attached hydrogen (secondary N) is 1. The molecule has 0 radical (unpaired) electrons. The molecule has 1 N–H and O–H groups in total. The van der Waals surface area contributed by atoms with Crippen LogP contribution in [-0.4, -0.2) is 6.21 Å². The van der Waals surface area contributed by atoms with Crippen molar-refractivity contribution in [2.24, 2.45) is 4.99 Å². The Bertz CT molecular complexity index is 321. The lowest BCUT2D eigenvalue weighted by atomic mass is 10.2. The molecule has 0 spiro atoms. The van der Waals surface area contributed by atoms with Gasteiger partial charge in [0.25, 0.3) is 0 Å². The van der Waals surface area contributed by atoms with Crippen LogP contribution >= 0.6 is 24.8 Å². The Labute approximate surface area is 89.6 Å². The lowest BCUT2D eigenvalue weighted by Crippen LogP contribution is -1.89. The van der Waals surface area contributed by atoms with Crippen LogP contribution in [0.15, 0.2) is 41.7 Å². The van der Waals surface area contributed by atoms with Crippen LogP contribution in [-0.2, 0) is 0 Å². The van der Waals surface area contributed by atoms with E-state index in [9.17, 15) is 0 Å². The lowest BCUT2D eigenvalue weighted by Gasteiger charge is -2.01. The van der Waals surface area contributed by atoms with Gasteiger partial charge in [-0.3, -0.25) is 4.99 Å². The first-order valence-electron chi connectivity index (χ1n) is 3.50. The summed E-state index contributed by atoms with van der Waals surface area (Å²) in [5.41, 5.74) is 2.22. The summed E-state index contributed by atoms with van der Waals surface area (Å²) in [6, 6.07) is 8.05. The molecule has 0 fully saturated rings. The largest absolute Gasteiger partial charge is 0.360 e. The molecule has 0 bridgehead atoms. The van der Waals surface area contributed by atoms with Gasteiger partial charge in [0.1, 0.15) is 0 Å². The molecule has 4 heteroatoms. The molecule has 2 rings (SSSR count). The Morgan fingerprint density at radius 1 is 1.08 bits per heavy atom. The molecule has 1 aliphatic heterocycles. The van der Waals surface area contributed by atoms with Gasteiger partial charge < -0.3 is 5.32 Å². The summed E-state index contributed by atoms with van der Waals surface area (Å²) in [4.78, 5) is 4.04. The van der Waals surface area contributed by atoms with Gasteiger partial charge in [-0.05, 0) is 6.07 Å². The van der Waals surface area contributed by atoms with Crippen molar-refractivity contribution in [3.05, 3.63) is 42.2 Å². The second kappa shape index (κ2) is 5.62. The second-order valence-electron chi connectivity index (χ2n) is 2.33. The van der Waals surface area contributed by atoms with Crippen LogP contribution in [0.2, 0.25) is 0 Å². The van der Waals surface area contributed by atoms with Gasteiger partial charge >= 0.3 is 0 Å². The third-order valence-corrected chi connectivity index (χ3v) is 1.57. The van der Waals surface area contributed by atoms with Gasteiger partial charge in [-0.15, -0.1) is 24.8 Å². The molecular formula is C9H10Cl2N2. The first kappa shape index (κ1) is 12.0. The summed E-state index contributed by atoms with van der Waals surface area (Å²) in [7, 11) is 0. The maximum absolute atomic E-state index is 4.04. The van der Waals surface area contributed by atoms with E-state index in [-0.39, 0.29) is 24.8 Å². The Balaban J connectivity index is 0.000000720. The third kappa shape index (κ3) is 2.76. The summed E-state index contributed by atoms with van der Waals surface area (Å²) in [5.74, 6) is 0. The fourth-order valence-corrected chi connectivity index (χ4v) is 1.03. The first-order chi connectivity index (χ1) is 5.47. The molecule has 0 saturated heterocycles. The van der Waals surface area contributed by atoms with E-state index >= 15 is 0 Å². The van der Waals surface area contributed by atoms with Crippen LogP contribution in [0, 0.1) is 0 Å². The minimum absolute atomic E-state index is 0. The molecule has 0 atom stereocenters. The van der Waals surface area contributed by atoms with E-state index in [0.29, 0.717) is 0 Å². The van der Waals surface area contributed by atoms with Gasteiger partial charge in [0.15, 0.2) is 0 Å². The van der Waals surface area contributed by atoms with E-state index in [1.807, 2.05) is 36.7 Å². The molecule has 2 nitrogen and oxygen atoms in total. The summed E-state index contributed by atoms with van der Waals surface area (Å²) in [5, 5.41) is 3.12. The van der Waals surface area contributed by atoms with Gasteiger partial charge in [-0.2, -0.15) is 0 Å². The molecule has 1 aromatic rings. The highest BCUT2D eigenvalue weighted by molar-refractivity contribution is 5.88. The second-order valence-corrected chi connectivity index (χ2v) is 2.33. The Morgan fingerprint density at radius 3 is 2.69 bits per heavy atom. The van der Waals surface area contributed by atoms with Gasteiger partial charge in [0, 0.05) is 29.9 Å². The minimum atomic E-state index is 0. The highest BCUT2D eigenvalue weighted by Gasteiger charge is 1.96. The maximum atomic E-state index is 4.04. The zero-order valence-electron chi connectivity index (χ0n) is 6.81. The number of nitrogens with zero attached hydrogens (tertiary/aromatic N) is 1. The van der Waals surface area contributed by atoms with E-state index in [1.54, 1.807) is 6.20 Å². The van der Waals surface area contributed by atoms with Crippen molar-refractivity contribution in [1.29, 1.82) is 0 Å². The predicted molar refractivity (Wildman–Crippen MR) is 61.3 cm³/mol. The number of rotatable bonds is 0. The smallest absolute Gasteiger partial charge is 0.0469 e. The third-order valence-electron chi connectivity index (χ3n) is 1.57. The molecule has 13 heavy (non-hydrogen) atoms. The van der Waals surface area contributed by atoms with Crippen molar-refractivity contribution in [1.82, 2.24) is 0 Å². The molecule has 1 aromatic carbocycles. The van der Waals surface area contributed by atoms with E-state index in [1.165, 1.54) is 0 Å². The summed E-state index contributed by atoms with van der Waals surface area (Å²) in [6.07, 6.45) is 5.40. The first-order valence-corrected chi connectivity index (χ1v) is 3.50. The van der Waals surface area contributed by atoms with E-state index in [2.05, 4.69) is 10.3 Å². The number of fused-ring (bicyclic) bond motifs is 1. The van der Waals surface area contributed by atoms with Crippen LogP contribution in [0.1, 0.15) is 5.56 Å². The molecule has 0 unspecified atom stereocenters. The van der Waals surface area contributed by atoms with Crippen LogP contribution in [0.5, 0.6) is 0 Å². The molecule has 1 aliphatic rings. The van der Waals surface area contributed by atoms with E-state index in [4.69, 9.17) is 0 Å². The Kier molecular flexibility index (Phi) is 5.19. The van der Waals surface area contributed by atoms with Crippen molar-refractivity contribution in [2.45, 2.75) is 0 Å².